The first-order valence-corrected chi connectivity index (χ1v) is 6.12. The molecule has 0 heterocycles. The van der Waals surface area contributed by atoms with Gasteiger partial charge in [0.2, 0.25) is 0 Å². The van der Waals surface area contributed by atoms with Crippen LogP contribution in [0.5, 0.6) is 0 Å². The molecule has 0 saturated carbocycles. The van der Waals surface area contributed by atoms with Gasteiger partial charge < -0.3 is 10.6 Å². The molecule has 0 unspecified atom stereocenters. The molecule has 0 radical (unpaired) electrons. The fraction of sp³-hybridized carbons (Fsp3) is 0.188. The molecule has 0 aromatic heterocycles. The molecule has 1 aliphatic rings. The average Bonchev–Trinajstić information content (AvgIpc) is 3.10. The number of nitrogens with one attached hydrogen (secondary N) is 2. The molecule has 96 valence electrons. The predicted molar refractivity (Wildman–Crippen MR) is 80.2 cm³/mol. The number of benzene rings is 1. The predicted octanol–water partition coefficient (Wildman–Crippen LogP) is 3.95. The first kappa shape index (κ1) is 15.8. The maximum Gasteiger partial charge on any atom is 2.00 e. The van der Waals surface area contributed by atoms with Crippen LogP contribution in [0.3, 0.4) is 0 Å². The third kappa shape index (κ3) is 3.88. The zero-order chi connectivity index (χ0) is 12.8. The van der Waals surface area contributed by atoms with Gasteiger partial charge in [0.25, 0.3) is 0 Å². The van der Waals surface area contributed by atoms with Gasteiger partial charge in [-0.15, -0.1) is 41.5 Å². The van der Waals surface area contributed by atoms with Gasteiger partial charge in [-0.3, -0.25) is 6.08 Å². The summed E-state index contributed by atoms with van der Waals surface area (Å²) in [5.41, 5.74) is 2.36. The second kappa shape index (κ2) is 8.06. The van der Waals surface area contributed by atoms with E-state index < -0.39 is 0 Å². The SMILES string of the molecule is CNc1c[c-](NC)c2ccccc12.[C-]1=CC=CC1.[Zr+2]. The minimum atomic E-state index is 0. The van der Waals surface area contributed by atoms with Crippen molar-refractivity contribution in [1.82, 2.24) is 0 Å². The van der Waals surface area contributed by atoms with Gasteiger partial charge in [0, 0.05) is 0 Å². The van der Waals surface area contributed by atoms with Gasteiger partial charge in [-0.05, 0) is 19.8 Å². The van der Waals surface area contributed by atoms with Gasteiger partial charge in [-0.1, -0.05) is 11.8 Å². The van der Waals surface area contributed by atoms with Crippen LogP contribution in [0, 0.1) is 6.08 Å². The van der Waals surface area contributed by atoms with Crippen molar-refractivity contribution in [1.29, 1.82) is 0 Å². The molecule has 2 N–H and O–H groups in total. The van der Waals surface area contributed by atoms with Crippen molar-refractivity contribution >= 4 is 22.1 Å². The van der Waals surface area contributed by atoms with Crippen LogP contribution in [0.4, 0.5) is 11.4 Å². The molecule has 3 heteroatoms. The van der Waals surface area contributed by atoms with E-state index in [1.807, 2.05) is 26.2 Å². The summed E-state index contributed by atoms with van der Waals surface area (Å²) < 4.78 is 0. The van der Waals surface area contributed by atoms with Crippen molar-refractivity contribution in [2.75, 3.05) is 24.7 Å². The topological polar surface area (TPSA) is 24.1 Å². The van der Waals surface area contributed by atoms with Crippen LogP contribution in [-0.4, -0.2) is 14.1 Å². The van der Waals surface area contributed by atoms with E-state index in [4.69, 9.17) is 0 Å². The van der Waals surface area contributed by atoms with E-state index in [9.17, 15) is 0 Å². The number of fused-ring (bicyclic) bond motifs is 1. The number of hydrogen-bond donors (Lipinski definition) is 2. The van der Waals surface area contributed by atoms with Gasteiger partial charge in [-0.2, -0.15) is 6.08 Å². The van der Waals surface area contributed by atoms with Crippen molar-refractivity contribution in [2.24, 2.45) is 0 Å². The van der Waals surface area contributed by atoms with Crippen molar-refractivity contribution in [3.05, 3.63) is 54.6 Å². The first-order chi connectivity index (χ1) is 8.86. The van der Waals surface area contributed by atoms with Crippen LogP contribution in [0.1, 0.15) is 6.42 Å². The van der Waals surface area contributed by atoms with E-state index >= 15 is 0 Å². The maximum absolute atomic E-state index is 3.18. The Kier molecular flexibility index (Phi) is 6.73. The molecule has 0 bridgehead atoms. The second-order valence-electron chi connectivity index (χ2n) is 4.02. The van der Waals surface area contributed by atoms with E-state index in [1.54, 1.807) is 0 Å². The van der Waals surface area contributed by atoms with Gasteiger partial charge in [-0.25, -0.2) is 12.2 Å². The number of hydrogen-bond acceptors (Lipinski definition) is 2. The molecular formula is C16H18N2Zr. The zero-order valence-corrected chi connectivity index (χ0v) is 13.8. The first-order valence-electron chi connectivity index (χ1n) is 6.12. The van der Waals surface area contributed by atoms with Crippen LogP contribution in [0.15, 0.2) is 48.6 Å². The van der Waals surface area contributed by atoms with E-state index in [-0.39, 0.29) is 26.2 Å². The Balaban J connectivity index is 0.000000256. The number of allylic oxidation sites excluding steroid dienone is 4. The molecular weight excluding hydrogens is 311 g/mol. The van der Waals surface area contributed by atoms with Crippen LogP contribution < -0.4 is 10.6 Å². The van der Waals surface area contributed by atoms with Crippen LogP contribution in [0.2, 0.25) is 0 Å². The molecule has 2 aromatic carbocycles. The Morgan fingerprint density at radius 3 is 2.53 bits per heavy atom. The van der Waals surface area contributed by atoms with Gasteiger partial charge in [0.05, 0.1) is 0 Å². The average molecular weight is 330 g/mol. The molecule has 0 atom stereocenters. The summed E-state index contributed by atoms with van der Waals surface area (Å²) in [6.07, 6.45) is 10.0. The molecule has 0 spiro atoms. The van der Waals surface area contributed by atoms with Gasteiger partial charge in [0.15, 0.2) is 0 Å². The molecule has 2 aromatic rings. The fourth-order valence-corrected chi connectivity index (χ4v) is 2.01. The summed E-state index contributed by atoms with van der Waals surface area (Å²) >= 11 is 0. The smallest absolute Gasteiger partial charge is 0.433 e. The monoisotopic (exact) mass is 328 g/mol. The molecule has 0 saturated heterocycles. The Morgan fingerprint density at radius 1 is 1.21 bits per heavy atom. The molecule has 3 rings (SSSR count). The van der Waals surface area contributed by atoms with E-state index in [2.05, 4.69) is 53.1 Å². The molecule has 0 amide bonds. The Morgan fingerprint density at radius 2 is 2.00 bits per heavy atom. The van der Waals surface area contributed by atoms with E-state index in [0.29, 0.717) is 0 Å². The Labute approximate surface area is 134 Å². The molecule has 19 heavy (non-hydrogen) atoms. The van der Waals surface area contributed by atoms with E-state index in [1.165, 1.54) is 22.1 Å². The zero-order valence-electron chi connectivity index (χ0n) is 11.3. The maximum atomic E-state index is 3.18. The molecule has 1 aliphatic carbocycles. The van der Waals surface area contributed by atoms with Crippen LogP contribution >= 0.6 is 0 Å². The van der Waals surface area contributed by atoms with Crippen LogP contribution in [-0.2, 0) is 26.2 Å². The summed E-state index contributed by atoms with van der Waals surface area (Å²) in [6, 6.07) is 10.5. The molecule has 0 fully saturated rings. The summed E-state index contributed by atoms with van der Waals surface area (Å²) in [4.78, 5) is 0. The van der Waals surface area contributed by atoms with Crippen molar-refractivity contribution in [2.45, 2.75) is 6.42 Å². The van der Waals surface area contributed by atoms with E-state index in [0.717, 1.165) is 6.42 Å². The standard InChI is InChI=1S/C11H13N2.C5H5.Zr/c1-12-10-7-11(13-2)9-6-4-3-5-8(9)10;1-2-4-5-3-1;/h3-7,12-13H,1-2H3;1-3H,4H2;/q2*-1;+2. The summed E-state index contributed by atoms with van der Waals surface area (Å²) in [7, 11) is 3.89. The molecule has 0 aliphatic heterocycles. The largest absolute Gasteiger partial charge is 2.00 e. The second-order valence-corrected chi connectivity index (χ2v) is 4.02. The summed E-state index contributed by atoms with van der Waals surface area (Å²) in [6.45, 7) is 0. The third-order valence-corrected chi connectivity index (χ3v) is 2.92. The number of rotatable bonds is 2. The summed E-state index contributed by atoms with van der Waals surface area (Å²) in [5.74, 6) is 0. The van der Waals surface area contributed by atoms with Crippen molar-refractivity contribution in [3.63, 3.8) is 0 Å². The fourth-order valence-electron chi connectivity index (χ4n) is 2.01. The minimum absolute atomic E-state index is 0. The normalized spacial score (nSPS) is 11.7. The Bertz CT molecular complexity index is 519. The molecule has 2 nitrogen and oxygen atoms in total. The number of anilines is 2. The summed E-state index contributed by atoms with van der Waals surface area (Å²) in [5, 5.41) is 8.91. The van der Waals surface area contributed by atoms with Gasteiger partial charge in [0.1, 0.15) is 0 Å². The van der Waals surface area contributed by atoms with Crippen LogP contribution in [0.25, 0.3) is 10.8 Å². The van der Waals surface area contributed by atoms with Gasteiger partial charge >= 0.3 is 26.2 Å². The quantitative estimate of drug-likeness (QED) is 0.815. The third-order valence-electron chi connectivity index (χ3n) is 2.92. The minimum Gasteiger partial charge on any atom is -0.433 e. The Hall–Kier alpha value is -1.21. The van der Waals surface area contributed by atoms with Crippen molar-refractivity contribution in [3.8, 4) is 0 Å². The van der Waals surface area contributed by atoms with Crippen molar-refractivity contribution < 1.29 is 26.2 Å².